The number of nitrogens with zero attached hydrogens (tertiary/aromatic N) is 1. The minimum absolute atomic E-state index is 0.192. The van der Waals surface area contributed by atoms with Crippen LogP contribution in [-0.2, 0) is 31.3 Å². The van der Waals surface area contributed by atoms with Crippen LogP contribution in [0.3, 0.4) is 0 Å². The molecular formula is C16H25NO5S. The van der Waals surface area contributed by atoms with Crippen LogP contribution < -0.4 is 4.74 Å². The molecule has 1 aromatic heterocycles. The lowest BCUT2D eigenvalue weighted by molar-refractivity contribution is -0.264. The Bertz CT molecular complexity index is 566. The molecule has 1 aliphatic heterocycles. The van der Waals surface area contributed by atoms with E-state index in [4.69, 9.17) is 18.4 Å². The molecule has 0 N–H and O–H groups in total. The quantitative estimate of drug-likeness (QED) is 0.789. The van der Waals surface area contributed by atoms with Gasteiger partial charge in [0.25, 0.3) is 0 Å². The van der Waals surface area contributed by atoms with Crippen molar-refractivity contribution in [2.75, 3.05) is 26.1 Å². The molecule has 1 aliphatic rings. The highest BCUT2D eigenvalue weighted by atomic mass is 32.2. The fraction of sp³-hybridized carbons (Fsp3) is 0.688. The Labute approximate surface area is 140 Å². The molecule has 0 bridgehead atoms. The van der Waals surface area contributed by atoms with Gasteiger partial charge < -0.3 is 14.2 Å². The number of hydrogen-bond donors (Lipinski definition) is 0. The van der Waals surface area contributed by atoms with Crippen LogP contribution in [-0.4, -0.2) is 41.1 Å². The van der Waals surface area contributed by atoms with Crippen molar-refractivity contribution in [3.63, 3.8) is 0 Å². The molecule has 23 heavy (non-hydrogen) atoms. The van der Waals surface area contributed by atoms with Crippen LogP contribution in [0.4, 0.5) is 0 Å². The van der Waals surface area contributed by atoms with Gasteiger partial charge >= 0.3 is 0 Å². The maximum Gasteiger partial charge on any atom is 0.162 e. The molecule has 0 spiro atoms. The van der Waals surface area contributed by atoms with Crippen molar-refractivity contribution in [2.45, 2.75) is 40.1 Å². The largest absolute Gasteiger partial charge is 0.492 e. The van der Waals surface area contributed by atoms with Gasteiger partial charge in [0, 0.05) is 29.5 Å². The smallest absolute Gasteiger partial charge is 0.162 e. The number of hydrogen-bond acceptors (Lipinski definition) is 6. The van der Waals surface area contributed by atoms with E-state index in [1.54, 1.807) is 6.20 Å². The molecule has 0 aliphatic carbocycles. The monoisotopic (exact) mass is 343 g/mol. The molecular weight excluding hydrogens is 318 g/mol. The number of aromatic nitrogens is 1. The molecule has 0 amide bonds. The highest BCUT2D eigenvalue weighted by molar-refractivity contribution is 7.79. The van der Waals surface area contributed by atoms with E-state index in [9.17, 15) is 4.21 Å². The Hall–Kier alpha value is -1.02. The fourth-order valence-electron chi connectivity index (χ4n) is 2.29. The van der Waals surface area contributed by atoms with E-state index in [1.165, 1.54) is 6.26 Å². The minimum Gasteiger partial charge on any atom is -0.492 e. The first-order chi connectivity index (χ1) is 10.8. The Morgan fingerprint density at radius 2 is 2.00 bits per heavy atom. The zero-order chi connectivity index (χ0) is 17.0. The summed E-state index contributed by atoms with van der Waals surface area (Å²) in [5, 5.41) is 0. The Balaban J connectivity index is 1.99. The summed E-state index contributed by atoms with van der Waals surface area (Å²) in [6.07, 6.45) is 3.24. The first kappa shape index (κ1) is 18.3. The van der Waals surface area contributed by atoms with Crippen molar-refractivity contribution >= 4 is 11.1 Å². The third kappa shape index (κ3) is 5.24. The van der Waals surface area contributed by atoms with Gasteiger partial charge in [0.1, 0.15) is 12.4 Å². The van der Waals surface area contributed by atoms with Crippen LogP contribution in [0.15, 0.2) is 6.20 Å². The summed E-state index contributed by atoms with van der Waals surface area (Å²) in [7, 11) is 0. The molecule has 6 nitrogen and oxygen atoms in total. The summed E-state index contributed by atoms with van der Waals surface area (Å²) in [4.78, 5) is 4.34. The van der Waals surface area contributed by atoms with Gasteiger partial charge in [-0.3, -0.25) is 9.17 Å². The topological polar surface area (TPSA) is 66.9 Å². The van der Waals surface area contributed by atoms with Gasteiger partial charge in [-0.2, -0.15) is 0 Å². The first-order valence-electron chi connectivity index (χ1n) is 7.61. The minimum atomic E-state index is -1.32. The van der Waals surface area contributed by atoms with Crippen molar-refractivity contribution in [1.82, 2.24) is 4.98 Å². The second-order valence-electron chi connectivity index (χ2n) is 6.20. The highest BCUT2D eigenvalue weighted by Gasteiger charge is 2.28. The van der Waals surface area contributed by atoms with Crippen molar-refractivity contribution in [3.05, 3.63) is 23.0 Å². The van der Waals surface area contributed by atoms with Crippen LogP contribution in [0, 0.1) is 19.8 Å². The SMILES string of the molecule is Cc1cnc(COS(C)=O)c(C)c1OCC1COC(C)(C)OC1. The van der Waals surface area contributed by atoms with Gasteiger partial charge in [-0.25, -0.2) is 4.21 Å². The Morgan fingerprint density at radius 1 is 1.35 bits per heavy atom. The molecule has 1 atom stereocenters. The molecule has 2 heterocycles. The van der Waals surface area contributed by atoms with E-state index in [0.717, 1.165) is 22.6 Å². The summed E-state index contributed by atoms with van der Waals surface area (Å²) >= 11 is -1.32. The molecule has 130 valence electrons. The lowest BCUT2D eigenvalue weighted by Crippen LogP contribution is -2.41. The van der Waals surface area contributed by atoms with Gasteiger partial charge in [0.2, 0.25) is 0 Å². The van der Waals surface area contributed by atoms with Gasteiger partial charge in [0.05, 0.1) is 25.5 Å². The van der Waals surface area contributed by atoms with E-state index in [0.29, 0.717) is 19.8 Å². The van der Waals surface area contributed by atoms with E-state index >= 15 is 0 Å². The van der Waals surface area contributed by atoms with Gasteiger partial charge in [-0.15, -0.1) is 0 Å². The lowest BCUT2D eigenvalue weighted by Gasteiger charge is -2.34. The molecule has 0 aromatic carbocycles. The summed E-state index contributed by atoms with van der Waals surface area (Å²) in [5.41, 5.74) is 2.60. The number of aryl methyl sites for hydroxylation is 1. The normalized spacial score (nSPS) is 19.5. The number of pyridine rings is 1. The summed E-state index contributed by atoms with van der Waals surface area (Å²) in [5.74, 6) is 0.474. The van der Waals surface area contributed by atoms with Crippen LogP contribution in [0.1, 0.15) is 30.7 Å². The predicted molar refractivity (Wildman–Crippen MR) is 87.5 cm³/mol. The van der Waals surface area contributed by atoms with Crippen LogP contribution in [0.25, 0.3) is 0 Å². The van der Waals surface area contributed by atoms with E-state index < -0.39 is 16.9 Å². The second kappa shape index (κ2) is 7.70. The van der Waals surface area contributed by atoms with Crippen LogP contribution in [0.2, 0.25) is 0 Å². The number of ether oxygens (including phenoxy) is 3. The maximum absolute atomic E-state index is 11.1. The third-order valence-electron chi connectivity index (χ3n) is 3.70. The molecule has 0 saturated carbocycles. The molecule has 1 unspecified atom stereocenters. The van der Waals surface area contributed by atoms with E-state index in [1.807, 2.05) is 27.7 Å². The van der Waals surface area contributed by atoms with Crippen molar-refractivity contribution in [2.24, 2.45) is 5.92 Å². The van der Waals surface area contributed by atoms with Crippen molar-refractivity contribution < 1.29 is 22.6 Å². The van der Waals surface area contributed by atoms with E-state index in [-0.39, 0.29) is 12.5 Å². The van der Waals surface area contributed by atoms with Crippen LogP contribution >= 0.6 is 0 Å². The summed E-state index contributed by atoms with van der Waals surface area (Å²) < 4.78 is 33.5. The first-order valence-corrected chi connectivity index (χ1v) is 9.09. The Morgan fingerprint density at radius 3 is 2.61 bits per heavy atom. The average molecular weight is 343 g/mol. The van der Waals surface area contributed by atoms with E-state index in [2.05, 4.69) is 4.98 Å². The average Bonchev–Trinajstić information content (AvgIpc) is 2.47. The molecule has 0 radical (unpaired) electrons. The predicted octanol–water partition coefficient (Wildman–Crippen LogP) is 2.29. The van der Waals surface area contributed by atoms with Gasteiger partial charge in [-0.05, 0) is 27.7 Å². The maximum atomic E-state index is 11.1. The standard InChI is InChI=1S/C16H25NO5S/c1-11-6-17-14(10-22-23(5)18)12(2)15(11)19-7-13-8-20-16(3,4)21-9-13/h6,13H,7-10H2,1-5H3. The highest BCUT2D eigenvalue weighted by Crippen LogP contribution is 2.27. The zero-order valence-corrected chi connectivity index (χ0v) is 15.2. The summed E-state index contributed by atoms with van der Waals surface area (Å²) in [6, 6.07) is 0. The van der Waals surface area contributed by atoms with Crippen LogP contribution in [0.5, 0.6) is 5.75 Å². The molecule has 1 saturated heterocycles. The lowest BCUT2D eigenvalue weighted by atomic mass is 10.1. The van der Waals surface area contributed by atoms with Gasteiger partial charge in [0.15, 0.2) is 16.9 Å². The van der Waals surface area contributed by atoms with Crippen molar-refractivity contribution in [3.8, 4) is 5.75 Å². The zero-order valence-electron chi connectivity index (χ0n) is 14.4. The number of rotatable bonds is 6. The third-order valence-corrected chi connectivity index (χ3v) is 4.15. The second-order valence-corrected chi connectivity index (χ2v) is 7.24. The Kier molecular flexibility index (Phi) is 6.13. The fourth-order valence-corrected chi connectivity index (χ4v) is 2.57. The van der Waals surface area contributed by atoms with Crippen molar-refractivity contribution in [1.29, 1.82) is 0 Å². The molecule has 7 heteroatoms. The van der Waals surface area contributed by atoms with Gasteiger partial charge in [-0.1, -0.05) is 0 Å². The molecule has 2 rings (SSSR count). The summed E-state index contributed by atoms with van der Waals surface area (Å²) in [6.45, 7) is 9.65. The molecule has 1 fully saturated rings. The molecule has 1 aromatic rings.